The van der Waals surface area contributed by atoms with Crippen LogP contribution in [0.2, 0.25) is 0 Å². The van der Waals surface area contributed by atoms with Gasteiger partial charge < -0.3 is 14.8 Å². The van der Waals surface area contributed by atoms with Gasteiger partial charge in [0.15, 0.2) is 0 Å². The molecule has 3 aromatic rings. The van der Waals surface area contributed by atoms with E-state index in [4.69, 9.17) is 0 Å². The van der Waals surface area contributed by atoms with Crippen molar-refractivity contribution in [3.8, 4) is 0 Å². The highest BCUT2D eigenvalue weighted by molar-refractivity contribution is 5.92. The Morgan fingerprint density at radius 2 is 2.11 bits per heavy atom. The van der Waals surface area contributed by atoms with Gasteiger partial charge in [-0.25, -0.2) is 15.0 Å². The fourth-order valence-electron chi connectivity index (χ4n) is 3.49. The van der Waals surface area contributed by atoms with E-state index in [2.05, 4.69) is 20.3 Å². The zero-order valence-corrected chi connectivity index (χ0v) is 15.5. The van der Waals surface area contributed by atoms with Crippen molar-refractivity contribution in [3.63, 3.8) is 0 Å². The average Bonchev–Trinajstić information content (AvgIpc) is 3.32. The van der Waals surface area contributed by atoms with E-state index in [1.54, 1.807) is 29.5 Å². The molecule has 0 aromatic carbocycles. The van der Waals surface area contributed by atoms with Crippen LogP contribution in [0.25, 0.3) is 0 Å². The lowest BCUT2D eigenvalue weighted by Crippen LogP contribution is -2.30. The van der Waals surface area contributed by atoms with E-state index in [0.29, 0.717) is 5.69 Å². The third-order valence-corrected chi connectivity index (χ3v) is 4.86. The van der Waals surface area contributed by atoms with Crippen LogP contribution >= 0.6 is 0 Å². The number of carbonyl (C=O) groups is 1. The van der Waals surface area contributed by atoms with Crippen molar-refractivity contribution in [1.82, 2.24) is 24.4 Å². The molecule has 7 heteroatoms. The van der Waals surface area contributed by atoms with E-state index in [9.17, 15) is 4.79 Å². The Bertz CT molecular complexity index is 966. The zero-order valence-electron chi connectivity index (χ0n) is 15.5. The fourth-order valence-corrected chi connectivity index (χ4v) is 3.49. The van der Waals surface area contributed by atoms with Crippen molar-refractivity contribution in [2.45, 2.75) is 25.8 Å². The Kier molecular flexibility index (Phi) is 4.58. The number of pyridine rings is 2. The molecule has 0 radical (unpaired) electrons. The summed E-state index contributed by atoms with van der Waals surface area (Å²) in [7, 11) is 1.87. The predicted molar refractivity (Wildman–Crippen MR) is 103 cm³/mol. The van der Waals surface area contributed by atoms with Gasteiger partial charge in [-0.3, -0.25) is 4.79 Å². The third kappa shape index (κ3) is 3.53. The second-order valence-corrected chi connectivity index (χ2v) is 6.85. The van der Waals surface area contributed by atoms with Crippen molar-refractivity contribution in [1.29, 1.82) is 0 Å². The standard InChI is InChI=1S/C20H22N6O/c1-14-5-3-8-22-19(14)24-18-11-15(7-9-21-18)17-6-4-10-26(17)20(27)16-12-25(2)13-23-16/h3,5,7-9,11-13,17H,4,6,10H2,1-2H3,(H,21,22,24)/t17-/m1/s1. The van der Waals surface area contributed by atoms with Crippen LogP contribution in [0.3, 0.4) is 0 Å². The van der Waals surface area contributed by atoms with Gasteiger partial charge in [0.2, 0.25) is 0 Å². The highest BCUT2D eigenvalue weighted by atomic mass is 16.2. The van der Waals surface area contributed by atoms with Crippen molar-refractivity contribution >= 4 is 17.5 Å². The number of imidazole rings is 1. The molecule has 0 saturated carbocycles. The SMILES string of the molecule is Cc1cccnc1Nc1cc([C@H]2CCCN2C(=O)c2cn(C)cn2)ccn1. The van der Waals surface area contributed by atoms with E-state index in [0.717, 1.165) is 42.1 Å². The van der Waals surface area contributed by atoms with Gasteiger partial charge in [0.25, 0.3) is 5.91 Å². The van der Waals surface area contributed by atoms with Gasteiger partial charge in [0, 0.05) is 32.2 Å². The number of aryl methyl sites for hydroxylation is 2. The molecule has 0 unspecified atom stereocenters. The zero-order chi connectivity index (χ0) is 18.8. The van der Waals surface area contributed by atoms with Crippen LogP contribution in [-0.4, -0.2) is 36.9 Å². The van der Waals surface area contributed by atoms with Gasteiger partial charge in [-0.1, -0.05) is 6.07 Å². The molecule has 1 fully saturated rings. The van der Waals surface area contributed by atoms with Crippen molar-refractivity contribution in [2.24, 2.45) is 7.05 Å². The molecule has 1 amide bonds. The smallest absolute Gasteiger partial charge is 0.274 e. The minimum absolute atomic E-state index is 0.0232. The number of rotatable bonds is 4. The molecule has 0 aliphatic carbocycles. The first-order valence-electron chi connectivity index (χ1n) is 9.05. The number of amides is 1. The van der Waals surface area contributed by atoms with E-state index >= 15 is 0 Å². The molecule has 3 aromatic heterocycles. The van der Waals surface area contributed by atoms with Crippen molar-refractivity contribution in [2.75, 3.05) is 11.9 Å². The lowest BCUT2D eigenvalue weighted by molar-refractivity contribution is 0.0730. The average molecular weight is 362 g/mol. The predicted octanol–water partition coefficient (Wildman–Crippen LogP) is 3.24. The molecule has 1 aliphatic rings. The van der Waals surface area contributed by atoms with Crippen LogP contribution in [-0.2, 0) is 7.05 Å². The quantitative estimate of drug-likeness (QED) is 0.771. The summed E-state index contributed by atoms with van der Waals surface area (Å²) in [5.41, 5.74) is 2.61. The number of hydrogen-bond donors (Lipinski definition) is 1. The summed E-state index contributed by atoms with van der Waals surface area (Å²) in [6, 6.07) is 7.93. The third-order valence-electron chi connectivity index (χ3n) is 4.86. The monoisotopic (exact) mass is 362 g/mol. The first-order valence-corrected chi connectivity index (χ1v) is 9.05. The Morgan fingerprint density at radius 3 is 2.89 bits per heavy atom. The summed E-state index contributed by atoms with van der Waals surface area (Å²) in [5.74, 6) is 1.49. The van der Waals surface area contributed by atoms with Crippen LogP contribution < -0.4 is 5.32 Å². The van der Waals surface area contributed by atoms with Crippen molar-refractivity contribution in [3.05, 3.63) is 66.0 Å². The number of aromatic nitrogens is 4. The van der Waals surface area contributed by atoms with Crippen LogP contribution in [0.1, 0.15) is 40.5 Å². The maximum atomic E-state index is 12.9. The molecule has 1 saturated heterocycles. The largest absolute Gasteiger partial charge is 0.340 e. The topological polar surface area (TPSA) is 75.9 Å². The molecule has 4 rings (SSSR count). The fraction of sp³-hybridized carbons (Fsp3) is 0.300. The van der Waals surface area contributed by atoms with Crippen LogP contribution in [0.5, 0.6) is 0 Å². The van der Waals surface area contributed by atoms with Crippen LogP contribution in [0.15, 0.2) is 49.2 Å². The van der Waals surface area contributed by atoms with Gasteiger partial charge in [-0.15, -0.1) is 0 Å². The molecule has 1 atom stereocenters. The molecule has 1 N–H and O–H groups in total. The highest BCUT2D eigenvalue weighted by Crippen LogP contribution is 2.34. The van der Waals surface area contributed by atoms with E-state index < -0.39 is 0 Å². The summed E-state index contributed by atoms with van der Waals surface area (Å²) in [6.07, 6.45) is 8.86. The normalized spacial score (nSPS) is 16.5. The van der Waals surface area contributed by atoms with Crippen LogP contribution in [0, 0.1) is 6.92 Å². The molecule has 7 nitrogen and oxygen atoms in total. The second kappa shape index (κ2) is 7.19. The molecule has 27 heavy (non-hydrogen) atoms. The second-order valence-electron chi connectivity index (χ2n) is 6.85. The first-order chi connectivity index (χ1) is 13.1. The van der Waals surface area contributed by atoms with Gasteiger partial charge >= 0.3 is 0 Å². The highest BCUT2D eigenvalue weighted by Gasteiger charge is 2.31. The van der Waals surface area contributed by atoms with Gasteiger partial charge in [-0.05, 0) is 49.1 Å². The van der Waals surface area contributed by atoms with Gasteiger partial charge in [0.1, 0.15) is 17.3 Å². The van der Waals surface area contributed by atoms with Gasteiger partial charge in [0.05, 0.1) is 12.4 Å². The Labute approximate surface area is 158 Å². The Morgan fingerprint density at radius 1 is 1.22 bits per heavy atom. The minimum atomic E-state index is -0.0232. The first kappa shape index (κ1) is 17.2. The Balaban J connectivity index is 1.57. The van der Waals surface area contributed by atoms with Crippen LogP contribution in [0.4, 0.5) is 11.6 Å². The summed E-state index contributed by atoms with van der Waals surface area (Å²) in [6.45, 7) is 2.74. The number of likely N-dealkylation sites (tertiary alicyclic amines) is 1. The van der Waals surface area contributed by atoms with Crippen molar-refractivity contribution < 1.29 is 4.79 Å². The number of hydrogen-bond acceptors (Lipinski definition) is 5. The van der Waals surface area contributed by atoms with E-state index in [-0.39, 0.29) is 11.9 Å². The molecule has 0 bridgehead atoms. The maximum absolute atomic E-state index is 12.9. The number of anilines is 2. The van der Waals surface area contributed by atoms with E-state index in [1.165, 1.54) is 0 Å². The number of carbonyl (C=O) groups excluding carboxylic acids is 1. The summed E-state index contributed by atoms with van der Waals surface area (Å²) in [4.78, 5) is 27.8. The molecular formula is C20H22N6O. The molecular weight excluding hydrogens is 340 g/mol. The number of nitrogens with one attached hydrogen (secondary N) is 1. The summed E-state index contributed by atoms with van der Waals surface area (Å²) >= 11 is 0. The molecule has 0 spiro atoms. The Hall–Kier alpha value is -3.22. The summed E-state index contributed by atoms with van der Waals surface area (Å²) in [5, 5.41) is 3.27. The summed E-state index contributed by atoms with van der Waals surface area (Å²) < 4.78 is 1.79. The lowest BCUT2D eigenvalue weighted by atomic mass is 10.1. The van der Waals surface area contributed by atoms with Gasteiger partial charge in [-0.2, -0.15) is 0 Å². The maximum Gasteiger partial charge on any atom is 0.274 e. The molecule has 4 heterocycles. The number of nitrogens with zero attached hydrogens (tertiary/aromatic N) is 5. The molecule has 138 valence electrons. The lowest BCUT2D eigenvalue weighted by Gasteiger charge is -2.24. The molecule has 1 aliphatic heterocycles. The minimum Gasteiger partial charge on any atom is -0.340 e. The van der Waals surface area contributed by atoms with E-state index in [1.807, 2.05) is 43.1 Å².